The Hall–Kier alpha value is -2.47. The van der Waals surface area contributed by atoms with Crippen LogP contribution in [0.25, 0.3) is 0 Å². The van der Waals surface area contributed by atoms with E-state index in [9.17, 15) is 9.59 Å². The summed E-state index contributed by atoms with van der Waals surface area (Å²) in [5.74, 6) is -0.294. The fraction of sp³-hybridized carbons (Fsp3) is 0.333. The van der Waals surface area contributed by atoms with E-state index in [1.165, 1.54) is 17.4 Å². The number of nitrogens with zero attached hydrogens (tertiary/aromatic N) is 2. The van der Waals surface area contributed by atoms with E-state index < -0.39 is 6.10 Å². The monoisotopic (exact) mass is 384 g/mol. The van der Waals surface area contributed by atoms with Crippen LogP contribution in [0.3, 0.4) is 0 Å². The van der Waals surface area contributed by atoms with Gasteiger partial charge in [-0.2, -0.15) is 0 Å². The molecule has 0 bridgehead atoms. The topological polar surface area (TPSA) is 49.9 Å². The number of hydrogen-bond donors (Lipinski definition) is 0. The lowest BCUT2D eigenvalue weighted by molar-refractivity contribution is -0.157. The van der Waals surface area contributed by atoms with Crippen molar-refractivity contribution >= 4 is 29.3 Å². The van der Waals surface area contributed by atoms with E-state index in [-0.39, 0.29) is 17.6 Å². The highest BCUT2D eigenvalue weighted by Gasteiger charge is 2.27. The summed E-state index contributed by atoms with van der Waals surface area (Å²) in [6.45, 7) is 4.47. The zero-order chi connectivity index (χ0) is 19.1. The van der Waals surface area contributed by atoms with Crippen molar-refractivity contribution in [3.8, 4) is 0 Å². The Bertz CT molecular complexity index is 747. The molecule has 0 N–H and O–H groups in total. The first-order valence-electron chi connectivity index (χ1n) is 9.09. The summed E-state index contributed by atoms with van der Waals surface area (Å²) in [6, 6.07) is 19.8. The predicted octanol–water partition coefficient (Wildman–Crippen LogP) is 3.06. The molecule has 1 aliphatic rings. The molecule has 0 saturated carbocycles. The second-order valence-corrected chi connectivity index (χ2v) is 7.43. The normalized spacial score (nSPS) is 15.3. The number of carbonyl (C=O) groups excluding carboxylic acids is 2. The van der Waals surface area contributed by atoms with Crippen molar-refractivity contribution in [3.63, 3.8) is 0 Å². The van der Waals surface area contributed by atoms with E-state index in [1.54, 1.807) is 11.8 Å². The van der Waals surface area contributed by atoms with Crippen LogP contribution >= 0.6 is 11.8 Å². The minimum Gasteiger partial charge on any atom is -0.452 e. The van der Waals surface area contributed by atoms with E-state index in [0.29, 0.717) is 13.1 Å². The molecule has 1 heterocycles. The standard InChI is InChI=1S/C21H24N2O3S/c1-17(26-20(24)16-27-19-10-6-3-7-11-19)21(25)23-14-12-22(13-15-23)18-8-4-2-5-9-18/h2-11,17H,12-16H2,1H3/t17-/m1/s1. The van der Waals surface area contributed by atoms with Crippen molar-refractivity contribution in [3.05, 3.63) is 60.7 Å². The summed E-state index contributed by atoms with van der Waals surface area (Å²) in [7, 11) is 0. The molecule has 0 aromatic heterocycles. The van der Waals surface area contributed by atoms with Gasteiger partial charge in [-0.3, -0.25) is 9.59 Å². The van der Waals surface area contributed by atoms with Crippen molar-refractivity contribution in [1.82, 2.24) is 4.90 Å². The number of ether oxygens (including phenoxy) is 1. The maximum Gasteiger partial charge on any atom is 0.317 e. The van der Waals surface area contributed by atoms with Gasteiger partial charge in [0.15, 0.2) is 6.10 Å². The van der Waals surface area contributed by atoms with E-state index >= 15 is 0 Å². The largest absolute Gasteiger partial charge is 0.452 e. The smallest absolute Gasteiger partial charge is 0.317 e. The third-order valence-corrected chi connectivity index (χ3v) is 5.45. The third-order valence-electron chi connectivity index (χ3n) is 4.47. The fourth-order valence-corrected chi connectivity index (χ4v) is 3.72. The minimum absolute atomic E-state index is 0.124. The Kier molecular flexibility index (Phi) is 6.76. The summed E-state index contributed by atoms with van der Waals surface area (Å²) in [4.78, 5) is 29.6. The van der Waals surface area contributed by atoms with Crippen molar-refractivity contribution in [1.29, 1.82) is 0 Å². The van der Waals surface area contributed by atoms with Crippen LogP contribution in [0.2, 0.25) is 0 Å². The zero-order valence-corrected chi connectivity index (χ0v) is 16.2. The molecule has 27 heavy (non-hydrogen) atoms. The zero-order valence-electron chi connectivity index (χ0n) is 15.4. The van der Waals surface area contributed by atoms with Crippen molar-refractivity contribution in [2.45, 2.75) is 17.9 Å². The van der Waals surface area contributed by atoms with Gasteiger partial charge in [-0.25, -0.2) is 0 Å². The first-order valence-corrected chi connectivity index (χ1v) is 10.1. The van der Waals surface area contributed by atoms with Crippen LogP contribution in [0, 0.1) is 0 Å². The highest BCUT2D eigenvalue weighted by atomic mass is 32.2. The molecular weight excluding hydrogens is 360 g/mol. The van der Waals surface area contributed by atoms with Crippen LogP contribution in [-0.4, -0.2) is 54.8 Å². The number of hydrogen-bond acceptors (Lipinski definition) is 5. The number of rotatable bonds is 6. The summed E-state index contributed by atoms with van der Waals surface area (Å²) in [6.07, 6.45) is -0.753. The van der Waals surface area contributed by atoms with E-state index in [1.807, 2.05) is 48.5 Å². The highest BCUT2D eigenvalue weighted by Crippen LogP contribution is 2.18. The predicted molar refractivity (Wildman–Crippen MR) is 108 cm³/mol. The summed E-state index contributed by atoms with van der Waals surface area (Å²) in [5, 5.41) is 0. The second-order valence-electron chi connectivity index (χ2n) is 6.38. The Labute approximate surface area is 164 Å². The second kappa shape index (κ2) is 9.46. The molecule has 5 nitrogen and oxygen atoms in total. The van der Waals surface area contributed by atoms with Crippen LogP contribution in [0.15, 0.2) is 65.6 Å². The van der Waals surface area contributed by atoms with Crippen molar-refractivity contribution in [2.75, 3.05) is 36.8 Å². The van der Waals surface area contributed by atoms with Crippen LogP contribution in [-0.2, 0) is 14.3 Å². The molecule has 1 atom stereocenters. The first kappa shape index (κ1) is 19.3. The molecule has 0 spiro atoms. The van der Waals surface area contributed by atoms with Gasteiger partial charge in [0.1, 0.15) is 0 Å². The number of esters is 1. The number of thioether (sulfide) groups is 1. The molecule has 2 aromatic rings. The van der Waals surface area contributed by atoms with Gasteiger partial charge >= 0.3 is 5.97 Å². The molecular formula is C21H24N2O3S. The molecule has 0 unspecified atom stereocenters. The van der Waals surface area contributed by atoms with Crippen LogP contribution in [0.5, 0.6) is 0 Å². The highest BCUT2D eigenvalue weighted by molar-refractivity contribution is 8.00. The molecule has 1 saturated heterocycles. The molecule has 0 radical (unpaired) electrons. The van der Waals surface area contributed by atoms with E-state index in [2.05, 4.69) is 17.0 Å². The third kappa shape index (κ3) is 5.50. The SMILES string of the molecule is C[C@@H](OC(=O)CSc1ccccc1)C(=O)N1CCN(c2ccccc2)CC1. The Morgan fingerprint density at radius 1 is 0.963 bits per heavy atom. The molecule has 142 valence electrons. The number of piperazine rings is 1. The maximum atomic E-state index is 12.6. The Morgan fingerprint density at radius 2 is 1.56 bits per heavy atom. The van der Waals surface area contributed by atoms with Gasteiger partial charge in [0.05, 0.1) is 5.75 Å². The van der Waals surface area contributed by atoms with Gasteiger partial charge in [-0.1, -0.05) is 36.4 Å². The number of carbonyl (C=O) groups is 2. The maximum absolute atomic E-state index is 12.6. The van der Waals surface area contributed by atoms with Gasteiger partial charge in [0.25, 0.3) is 5.91 Å². The van der Waals surface area contributed by atoms with Crippen LogP contribution in [0.4, 0.5) is 5.69 Å². The van der Waals surface area contributed by atoms with Gasteiger partial charge in [-0.05, 0) is 31.2 Å². The van der Waals surface area contributed by atoms with Crippen LogP contribution < -0.4 is 4.90 Å². The van der Waals surface area contributed by atoms with Crippen LogP contribution in [0.1, 0.15) is 6.92 Å². The average Bonchev–Trinajstić information content (AvgIpc) is 2.73. The van der Waals surface area contributed by atoms with Gasteiger partial charge in [-0.15, -0.1) is 11.8 Å². The van der Waals surface area contributed by atoms with Gasteiger partial charge < -0.3 is 14.5 Å². The molecule has 6 heteroatoms. The molecule has 2 aromatic carbocycles. The lowest BCUT2D eigenvalue weighted by Gasteiger charge is -2.37. The molecule has 1 fully saturated rings. The molecule has 1 aliphatic heterocycles. The Balaban J connectivity index is 1.43. The van der Waals surface area contributed by atoms with E-state index in [0.717, 1.165) is 18.0 Å². The lowest BCUT2D eigenvalue weighted by Crippen LogP contribution is -2.51. The summed E-state index contributed by atoms with van der Waals surface area (Å²) >= 11 is 1.41. The van der Waals surface area contributed by atoms with E-state index in [4.69, 9.17) is 4.74 Å². The number of amides is 1. The quantitative estimate of drug-likeness (QED) is 0.566. The first-order chi connectivity index (χ1) is 13.1. The van der Waals surface area contributed by atoms with Gasteiger partial charge in [0, 0.05) is 36.8 Å². The summed E-state index contributed by atoms with van der Waals surface area (Å²) in [5.41, 5.74) is 1.17. The number of anilines is 1. The lowest BCUT2D eigenvalue weighted by atomic mass is 10.2. The van der Waals surface area contributed by atoms with Gasteiger partial charge in [0.2, 0.25) is 0 Å². The minimum atomic E-state index is -0.753. The number of para-hydroxylation sites is 1. The molecule has 1 amide bonds. The summed E-state index contributed by atoms with van der Waals surface area (Å²) < 4.78 is 5.33. The average molecular weight is 385 g/mol. The fourth-order valence-electron chi connectivity index (χ4n) is 3.02. The number of benzene rings is 2. The van der Waals surface area contributed by atoms with Crippen molar-refractivity contribution in [2.24, 2.45) is 0 Å². The molecule has 3 rings (SSSR count). The van der Waals surface area contributed by atoms with Crippen molar-refractivity contribution < 1.29 is 14.3 Å². The Morgan fingerprint density at radius 3 is 2.19 bits per heavy atom. The molecule has 0 aliphatic carbocycles.